The first-order valence-electron chi connectivity index (χ1n) is 7.29. The van der Waals surface area contributed by atoms with E-state index < -0.39 is 5.97 Å². The number of hydrogen-bond acceptors (Lipinski definition) is 6. The number of carbonyl (C=O) groups excluding carboxylic acids is 3. The largest absolute Gasteiger partial charge is 0.497 e. The monoisotopic (exact) mass is 337 g/mol. The van der Waals surface area contributed by atoms with Crippen LogP contribution in [0.3, 0.4) is 0 Å². The van der Waals surface area contributed by atoms with E-state index in [0.717, 1.165) is 11.8 Å². The maximum atomic E-state index is 12.3. The zero-order valence-electron chi connectivity index (χ0n) is 13.3. The van der Waals surface area contributed by atoms with Crippen LogP contribution in [0.2, 0.25) is 0 Å². The van der Waals surface area contributed by atoms with Gasteiger partial charge in [0.15, 0.2) is 5.12 Å². The molecular formula is C16H19NO5S. The highest BCUT2D eigenvalue weighted by Crippen LogP contribution is 2.33. The summed E-state index contributed by atoms with van der Waals surface area (Å²) in [5.74, 6) is -0.102. The van der Waals surface area contributed by atoms with Crippen LogP contribution in [-0.2, 0) is 14.3 Å². The molecule has 1 aromatic rings. The third kappa shape index (κ3) is 4.04. The summed E-state index contributed by atoms with van der Waals surface area (Å²) in [6.45, 7) is 3.83. The zero-order valence-corrected chi connectivity index (χ0v) is 14.1. The second-order valence-electron chi connectivity index (χ2n) is 5.04. The lowest BCUT2D eigenvalue weighted by atomic mass is 10.1. The lowest BCUT2D eigenvalue weighted by Crippen LogP contribution is -2.27. The topological polar surface area (TPSA) is 72.9 Å². The van der Waals surface area contributed by atoms with Crippen LogP contribution < -0.4 is 9.64 Å². The van der Waals surface area contributed by atoms with Gasteiger partial charge in [-0.15, -0.1) is 0 Å². The minimum Gasteiger partial charge on any atom is -0.497 e. The average molecular weight is 337 g/mol. The Morgan fingerprint density at radius 2 is 2.13 bits per heavy atom. The molecular weight excluding hydrogens is 318 g/mol. The van der Waals surface area contributed by atoms with Gasteiger partial charge < -0.3 is 14.4 Å². The first-order chi connectivity index (χ1) is 11.0. The number of hydrogen-bond donors (Lipinski definition) is 0. The quantitative estimate of drug-likeness (QED) is 0.768. The van der Waals surface area contributed by atoms with Gasteiger partial charge >= 0.3 is 5.97 Å². The van der Waals surface area contributed by atoms with Gasteiger partial charge in [0, 0.05) is 25.1 Å². The van der Waals surface area contributed by atoms with Crippen LogP contribution in [0.25, 0.3) is 0 Å². The zero-order chi connectivity index (χ0) is 17.0. The fourth-order valence-corrected chi connectivity index (χ4v) is 3.39. The van der Waals surface area contributed by atoms with Gasteiger partial charge in [-0.05, 0) is 25.1 Å². The molecule has 0 aromatic heterocycles. The van der Waals surface area contributed by atoms with Crippen molar-refractivity contribution < 1.29 is 23.9 Å². The molecule has 1 aliphatic rings. The summed E-state index contributed by atoms with van der Waals surface area (Å²) in [5.41, 5.74) is 0.772. The Labute approximate surface area is 139 Å². The second kappa shape index (κ2) is 7.50. The molecule has 1 amide bonds. The van der Waals surface area contributed by atoms with Gasteiger partial charge in [-0.2, -0.15) is 0 Å². The molecule has 0 aliphatic carbocycles. The van der Waals surface area contributed by atoms with Gasteiger partial charge in [-0.1, -0.05) is 11.8 Å². The number of rotatable bonds is 5. The number of amides is 1. The number of nitrogens with zero attached hydrogens (tertiary/aromatic N) is 1. The fourth-order valence-electron chi connectivity index (χ4n) is 2.47. The Bertz CT molecular complexity index is 631. The molecule has 2 rings (SSSR count). The van der Waals surface area contributed by atoms with E-state index in [0.29, 0.717) is 18.0 Å². The summed E-state index contributed by atoms with van der Waals surface area (Å²) in [6, 6.07) is 4.92. The highest BCUT2D eigenvalue weighted by Gasteiger charge is 2.34. The maximum absolute atomic E-state index is 12.3. The molecule has 0 spiro atoms. The molecule has 0 radical (unpaired) electrons. The van der Waals surface area contributed by atoms with E-state index in [1.165, 1.54) is 18.9 Å². The Hall–Kier alpha value is -2.02. The molecule has 124 valence electrons. The molecule has 0 N–H and O–H groups in total. The van der Waals surface area contributed by atoms with Gasteiger partial charge in [0.1, 0.15) is 5.75 Å². The number of carbonyl (C=O) groups is 3. The summed E-state index contributed by atoms with van der Waals surface area (Å²) in [6.07, 6.45) is 0.276. The van der Waals surface area contributed by atoms with E-state index in [1.54, 1.807) is 25.1 Å². The predicted octanol–water partition coefficient (Wildman–Crippen LogP) is 2.26. The summed E-state index contributed by atoms with van der Waals surface area (Å²) in [7, 11) is 1.50. The van der Waals surface area contributed by atoms with Crippen molar-refractivity contribution in [2.24, 2.45) is 0 Å². The standard InChI is InChI=1S/C16H19NO5S/c1-4-22-16(20)13-7-11(21-3)5-6-14(13)17-9-12(8-15(17)19)23-10(2)18/h5-7,12H,4,8-9H2,1-3H3. The van der Waals surface area contributed by atoms with Crippen molar-refractivity contribution in [3.05, 3.63) is 23.8 Å². The minimum absolute atomic E-state index is 0.0232. The van der Waals surface area contributed by atoms with Gasteiger partial charge in [0.05, 0.1) is 25.0 Å². The lowest BCUT2D eigenvalue weighted by molar-refractivity contribution is -0.117. The number of benzene rings is 1. The number of anilines is 1. The Balaban J connectivity index is 2.32. The Kier molecular flexibility index (Phi) is 5.65. The number of thioether (sulfide) groups is 1. The summed E-state index contributed by atoms with van der Waals surface area (Å²) in [5, 5.41) is -0.123. The van der Waals surface area contributed by atoms with E-state index >= 15 is 0 Å². The molecule has 23 heavy (non-hydrogen) atoms. The molecule has 6 nitrogen and oxygen atoms in total. The van der Waals surface area contributed by atoms with E-state index in [1.807, 2.05) is 0 Å². The molecule has 1 fully saturated rings. The lowest BCUT2D eigenvalue weighted by Gasteiger charge is -2.20. The molecule has 1 saturated heterocycles. The third-order valence-electron chi connectivity index (χ3n) is 3.41. The molecule has 7 heteroatoms. The maximum Gasteiger partial charge on any atom is 0.340 e. The molecule has 1 aromatic carbocycles. The van der Waals surface area contributed by atoms with Gasteiger partial charge in [-0.3, -0.25) is 9.59 Å². The van der Waals surface area contributed by atoms with Crippen molar-refractivity contribution in [2.75, 3.05) is 25.2 Å². The van der Waals surface area contributed by atoms with Gasteiger partial charge in [0.25, 0.3) is 0 Å². The van der Waals surface area contributed by atoms with Crippen molar-refractivity contribution >= 4 is 34.4 Å². The molecule has 1 unspecified atom stereocenters. The fraction of sp³-hybridized carbons (Fsp3) is 0.438. The van der Waals surface area contributed by atoms with E-state index in [-0.39, 0.29) is 34.9 Å². The number of methoxy groups -OCH3 is 1. The van der Waals surface area contributed by atoms with Crippen LogP contribution in [0.15, 0.2) is 18.2 Å². The van der Waals surface area contributed by atoms with Crippen LogP contribution in [0, 0.1) is 0 Å². The Morgan fingerprint density at radius 1 is 1.39 bits per heavy atom. The molecule has 1 atom stereocenters. The van der Waals surface area contributed by atoms with Crippen LogP contribution in [0.5, 0.6) is 5.75 Å². The highest BCUT2D eigenvalue weighted by molar-refractivity contribution is 8.14. The van der Waals surface area contributed by atoms with Crippen molar-refractivity contribution in [1.29, 1.82) is 0 Å². The molecule has 0 saturated carbocycles. The van der Waals surface area contributed by atoms with E-state index in [2.05, 4.69) is 0 Å². The van der Waals surface area contributed by atoms with Crippen molar-refractivity contribution in [2.45, 2.75) is 25.5 Å². The number of esters is 1. The third-order valence-corrected chi connectivity index (χ3v) is 4.39. The molecule has 1 aliphatic heterocycles. The van der Waals surface area contributed by atoms with Gasteiger partial charge in [0.2, 0.25) is 5.91 Å². The summed E-state index contributed by atoms with van der Waals surface area (Å²) < 4.78 is 10.2. The normalized spacial score (nSPS) is 17.3. The van der Waals surface area contributed by atoms with E-state index in [9.17, 15) is 14.4 Å². The van der Waals surface area contributed by atoms with Gasteiger partial charge in [-0.25, -0.2) is 4.79 Å². The smallest absolute Gasteiger partial charge is 0.340 e. The molecule has 0 bridgehead atoms. The van der Waals surface area contributed by atoms with Crippen molar-refractivity contribution in [3.63, 3.8) is 0 Å². The molecule has 1 heterocycles. The second-order valence-corrected chi connectivity index (χ2v) is 6.52. The summed E-state index contributed by atoms with van der Waals surface area (Å²) >= 11 is 1.15. The SMILES string of the molecule is CCOC(=O)c1cc(OC)ccc1N1CC(SC(C)=O)CC1=O. The predicted molar refractivity (Wildman–Crippen MR) is 88.0 cm³/mol. The van der Waals surface area contributed by atoms with Crippen molar-refractivity contribution in [1.82, 2.24) is 0 Å². The average Bonchev–Trinajstić information content (AvgIpc) is 2.86. The van der Waals surface area contributed by atoms with Crippen LogP contribution in [0.1, 0.15) is 30.6 Å². The minimum atomic E-state index is -0.503. The number of ether oxygens (including phenoxy) is 2. The van der Waals surface area contributed by atoms with Crippen LogP contribution in [0.4, 0.5) is 5.69 Å². The van der Waals surface area contributed by atoms with Crippen molar-refractivity contribution in [3.8, 4) is 5.75 Å². The van der Waals surface area contributed by atoms with E-state index in [4.69, 9.17) is 9.47 Å². The first kappa shape index (κ1) is 17.3. The first-order valence-corrected chi connectivity index (χ1v) is 8.17. The van der Waals surface area contributed by atoms with Crippen LogP contribution in [-0.4, -0.2) is 42.5 Å². The van der Waals surface area contributed by atoms with Crippen LogP contribution >= 0.6 is 11.8 Å². The highest BCUT2D eigenvalue weighted by atomic mass is 32.2. The Morgan fingerprint density at radius 3 is 2.74 bits per heavy atom. The summed E-state index contributed by atoms with van der Waals surface area (Å²) in [4.78, 5) is 37.2.